The average Bonchev–Trinajstić information content (AvgIpc) is 2.66. The summed E-state index contributed by atoms with van der Waals surface area (Å²) in [6.07, 6.45) is 3.67. The number of hydrogen-bond acceptors (Lipinski definition) is 3. The molecule has 0 aliphatic rings. The van der Waals surface area contributed by atoms with Crippen molar-refractivity contribution in [3.63, 3.8) is 0 Å². The SMILES string of the molecule is NC=NC=NCc1ccc(-n2cc(C(=O)O)c(=O)c3ccc(F)cc32)cc1. The Hall–Kier alpha value is -3.81. The molecule has 0 saturated carbocycles. The zero-order valence-corrected chi connectivity index (χ0v) is 14.0. The van der Waals surface area contributed by atoms with Crippen molar-refractivity contribution in [2.24, 2.45) is 15.7 Å². The van der Waals surface area contributed by atoms with Crippen molar-refractivity contribution in [2.75, 3.05) is 0 Å². The van der Waals surface area contributed by atoms with Crippen LogP contribution in [0.5, 0.6) is 0 Å². The Kier molecular flexibility index (Phi) is 5.07. The molecule has 0 radical (unpaired) electrons. The minimum absolute atomic E-state index is 0.129. The molecule has 1 aromatic heterocycles. The molecule has 1 heterocycles. The number of pyridine rings is 1. The van der Waals surface area contributed by atoms with Crippen molar-refractivity contribution < 1.29 is 14.3 Å². The average molecular weight is 366 g/mol. The van der Waals surface area contributed by atoms with Gasteiger partial charge in [0.1, 0.15) is 17.7 Å². The maximum absolute atomic E-state index is 13.7. The molecule has 3 aromatic rings. The number of carboxylic acid groups (broad SMARTS) is 1. The molecule has 136 valence electrons. The quantitative estimate of drug-likeness (QED) is 0.533. The second kappa shape index (κ2) is 7.61. The van der Waals surface area contributed by atoms with Crippen LogP contribution in [-0.2, 0) is 6.54 Å². The van der Waals surface area contributed by atoms with Crippen LogP contribution in [0.4, 0.5) is 4.39 Å². The van der Waals surface area contributed by atoms with E-state index in [1.165, 1.54) is 29.2 Å². The summed E-state index contributed by atoms with van der Waals surface area (Å²) in [6.45, 7) is 0.386. The molecule has 0 bridgehead atoms. The molecule has 3 N–H and O–H groups in total. The van der Waals surface area contributed by atoms with Crippen LogP contribution in [0.25, 0.3) is 16.6 Å². The van der Waals surface area contributed by atoms with Gasteiger partial charge in [-0.15, -0.1) is 0 Å². The molecule has 0 unspecified atom stereocenters. The van der Waals surface area contributed by atoms with Crippen LogP contribution in [0.15, 0.2) is 63.4 Å². The van der Waals surface area contributed by atoms with E-state index in [1.54, 1.807) is 24.3 Å². The van der Waals surface area contributed by atoms with Crippen molar-refractivity contribution in [3.05, 3.63) is 75.8 Å². The van der Waals surface area contributed by atoms with Crippen LogP contribution in [0.3, 0.4) is 0 Å². The number of nitrogens with zero attached hydrogens (tertiary/aromatic N) is 3. The molecule has 0 aliphatic heterocycles. The highest BCUT2D eigenvalue weighted by Gasteiger charge is 2.15. The van der Waals surface area contributed by atoms with Gasteiger partial charge in [0.05, 0.1) is 18.4 Å². The van der Waals surface area contributed by atoms with E-state index in [0.29, 0.717) is 12.2 Å². The Morgan fingerprint density at radius 3 is 2.63 bits per heavy atom. The Labute approximate surface area is 152 Å². The second-order valence-electron chi connectivity index (χ2n) is 5.63. The predicted octanol–water partition coefficient (Wildman–Crippen LogP) is 2.34. The van der Waals surface area contributed by atoms with E-state index < -0.39 is 17.2 Å². The molecular weight excluding hydrogens is 351 g/mol. The molecule has 2 aromatic carbocycles. The van der Waals surface area contributed by atoms with Gasteiger partial charge in [-0.05, 0) is 35.9 Å². The van der Waals surface area contributed by atoms with Crippen molar-refractivity contribution in [3.8, 4) is 5.69 Å². The summed E-state index contributed by atoms with van der Waals surface area (Å²) in [5, 5.41) is 9.44. The lowest BCUT2D eigenvalue weighted by molar-refractivity contribution is 0.0695. The first-order valence-electron chi connectivity index (χ1n) is 7.90. The molecule has 0 amide bonds. The molecule has 0 atom stereocenters. The standard InChI is InChI=1S/C19H15FN4O3/c20-13-3-6-15-17(7-13)24(9-16(18(15)25)19(26)27)14-4-1-12(2-5-14)8-22-11-23-10-21/h1-7,9-11H,8H2,(H,26,27)(H2,21,22,23). The van der Waals surface area contributed by atoms with Gasteiger partial charge in [0.15, 0.2) is 0 Å². The van der Waals surface area contributed by atoms with Gasteiger partial charge in [-0.25, -0.2) is 14.2 Å². The van der Waals surface area contributed by atoms with Gasteiger partial charge in [-0.2, -0.15) is 0 Å². The highest BCUT2D eigenvalue weighted by Crippen LogP contribution is 2.20. The van der Waals surface area contributed by atoms with E-state index in [4.69, 9.17) is 5.73 Å². The fraction of sp³-hybridized carbons (Fsp3) is 0.0526. The van der Waals surface area contributed by atoms with Gasteiger partial charge in [-0.3, -0.25) is 9.79 Å². The van der Waals surface area contributed by atoms with Gasteiger partial charge in [-0.1, -0.05) is 12.1 Å². The van der Waals surface area contributed by atoms with Crippen molar-refractivity contribution in [1.29, 1.82) is 0 Å². The van der Waals surface area contributed by atoms with E-state index in [0.717, 1.165) is 18.0 Å². The smallest absolute Gasteiger partial charge is 0.341 e. The molecule has 0 saturated heterocycles. The van der Waals surface area contributed by atoms with Crippen molar-refractivity contribution in [1.82, 2.24) is 4.57 Å². The predicted molar refractivity (Wildman–Crippen MR) is 101 cm³/mol. The van der Waals surface area contributed by atoms with Crippen LogP contribution in [0.1, 0.15) is 15.9 Å². The summed E-state index contributed by atoms with van der Waals surface area (Å²) in [7, 11) is 0. The zero-order valence-electron chi connectivity index (χ0n) is 14.0. The highest BCUT2D eigenvalue weighted by atomic mass is 19.1. The lowest BCUT2D eigenvalue weighted by atomic mass is 10.1. The maximum atomic E-state index is 13.7. The van der Waals surface area contributed by atoms with E-state index in [9.17, 15) is 19.1 Å². The summed E-state index contributed by atoms with van der Waals surface area (Å²) in [6, 6.07) is 10.7. The largest absolute Gasteiger partial charge is 0.477 e. The summed E-state index contributed by atoms with van der Waals surface area (Å²) in [5.41, 5.74) is 5.83. The number of aliphatic imine (C=N–C) groups is 2. The van der Waals surface area contributed by atoms with E-state index in [2.05, 4.69) is 9.98 Å². The van der Waals surface area contributed by atoms with Crippen molar-refractivity contribution in [2.45, 2.75) is 6.54 Å². The fourth-order valence-corrected chi connectivity index (χ4v) is 2.66. The number of carboxylic acids is 1. The summed E-state index contributed by atoms with van der Waals surface area (Å²) in [4.78, 5) is 31.5. The Balaban J connectivity index is 2.10. The van der Waals surface area contributed by atoms with Crippen LogP contribution < -0.4 is 11.2 Å². The van der Waals surface area contributed by atoms with E-state index in [-0.39, 0.29) is 16.5 Å². The zero-order chi connectivity index (χ0) is 19.4. The van der Waals surface area contributed by atoms with Gasteiger partial charge < -0.3 is 15.4 Å². The number of carbonyl (C=O) groups is 1. The molecule has 3 rings (SSSR count). The van der Waals surface area contributed by atoms with Crippen molar-refractivity contribution >= 4 is 29.5 Å². The van der Waals surface area contributed by atoms with Crippen LogP contribution >= 0.6 is 0 Å². The van der Waals surface area contributed by atoms with Crippen LogP contribution in [0.2, 0.25) is 0 Å². The third-order valence-electron chi connectivity index (χ3n) is 3.92. The first-order valence-corrected chi connectivity index (χ1v) is 7.90. The molecule has 0 aliphatic carbocycles. The first kappa shape index (κ1) is 18.0. The summed E-state index contributed by atoms with van der Waals surface area (Å²) >= 11 is 0. The third-order valence-corrected chi connectivity index (χ3v) is 3.92. The Bertz CT molecular complexity index is 1120. The number of rotatable bonds is 5. The fourth-order valence-electron chi connectivity index (χ4n) is 2.66. The minimum atomic E-state index is -1.34. The number of aromatic carboxylic acids is 1. The van der Waals surface area contributed by atoms with E-state index in [1.807, 2.05) is 0 Å². The second-order valence-corrected chi connectivity index (χ2v) is 5.63. The topological polar surface area (TPSA) is 110 Å². The monoisotopic (exact) mass is 366 g/mol. The third kappa shape index (κ3) is 3.74. The minimum Gasteiger partial charge on any atom is -0.477 e. The molecule has 7 nitrogen and oxygen atoms in total. The number of benzene rings is 2. The van der Waals surface area contributed by atoms with Crippen LogP contribution in [-0.4, -0.2) is 28.3 Å². The normalized spacial score (nSPS) is 11.6. The highest BCUT2D eigenvalue weighted by molar-refractivity contribution is 5.93. The van der Waals surface area contributed by atoms with E-state index >= 15 is 0 Å². The van der Waals surface area contributed by atoms with Crippen LogP contribution in [0, 0.1) is 5.82 Å². The first-order chi connectivity index (χ1) is 13.0. The van der Waals surface area contributed by atoms with Gasteiger partial charge in [0.2, 0.25) is 5.43 Å². The maximum Gasteiger partial charge on any atom is 0.341 e. The molecule has 0 spiro atoms. The molecule has 0 fully saturated rings. The summed E-state index contributed by atoms with van der Waals surface area (Å²) in [5.74, 6) is -1.86. The Morgan fingerprint density at radius 2 is 1.96 bits per heavy atom. The van der Waals surface area contributed by atoms with Gasteiger partial charge >= 0.3 is 5.97 Å². The number of halogens is 1. The number of hydrogen-bond donors (Lipinski definition) is 2. The van der Waals surface area contributed by atoms with Gasteiger partial charge in [0, 0.05) is 17.3 Å². The number of aromatic nitrogens is 1. The number of nitrogens with two attached hydrogens (primary N) is 1. The lowest BCUT2D eigenvalue weighted by Crippen LogP contribution is -2.18. The summed E-state index contributed by atoms with van der Waals surface area (Å²) < 4.78 is 15.2. The lowest BCUT2D eigenvalue weighted by Gasteiger charge is -2.13. The van der Waals surface area contributed by atoms with Gasteiger partial charge in [0.25, 0.3) is 0 Å². The number of fused-ring (bicyclic) bond motifs is 1. The molecular formula is C19H15FN4O3. The Morgan fingerprint density at radius 1 is 1.22 bits per heavy atom. The molecule has 8 heteroatoms. The molecule has 27 heavy (non-hydrogen) atoms.